The average molecular weight is 304 g/mol. The predicted octanol–water partition coefficient (Wildman–Crippen LogP) is 1.76. The molecule has 1 aromatic carbocycles. The van der Waals surface area contributed by atoms with E-state index in [9.17, 15) is 4.79 Å². The summed E-state index contributed by atoms with van der Waals surface area (Å²) in [5.41, 5.74) is 0.642. The zero-order valence-electron chi connectivity index (χ0n) is 10.3. The molecule has 0 bridgehead atoms. The molecule has 0 aromatic heterocycles. The Morgan fingerprint density at radius 3 is 2.74 bits per heavy atom. The van der Waals surface area contributed by atoms with Crippen LogP contribution in [0.5, 0.6) is 0 Å². The summed E-state index contributed by atoms with van der Waals surface area (Å²) in [6, 6.07) is 5.17. The Labute approximate surface area is 121 Å². The molecule has 19 heavy (non-hydrogen) atoms. The highest BCUT2D eigenvalue weighted by Gasteiger charge is 2.24. The summed E-state index contributed by atoms with van der Waals surface area (Å²) in [5.74, 6) is -0.0586. The smallest absolute Gasteiger partial charge is 0.227 e. The first kappa shape index (κ1) is 14.6. The molecule has 104 valence electrons. The number of halogens is 2. The van der Waals surface area contributed by atoms with Crippen molar-refractivity contribution < 1.29 is 14.6 Å². The lowest BCUT2D eigenvalue weighted by Gasteiger charge is -2.32. The van der Waals surface area contributed by atoms with Crippen LogP contribution in [0.15, 0.2) is 18.2 Å². The second kappa shape index (κ2) is 6.57. The number of morpholine rings is 1. The number of aliphatic hydroxyl groups is 1. The summed E-state index contributed by atoms with van der Waals surface area (Å²) >= 11 is 12.1. The lowest BCUT2D eigenvalue weighted by molar-refractivity contribution is -0.139. The molecule has 1 N–H and O–H groups in total. The van der Waals surface area contributed by atoms with Crippen molar-refractivity contribution in [3.05, 3.63) is 33.8 Å². The van der Waals surface area contributed by atoms with Crippen LogP contribution >= 0.6 is 23.2 Å². The monoisotopic (exact) mass is 303 g/mol. The van der Waals surface area contributed by atoms with E-state index in [1.165, 1.54) is 0 Å². The van der Waals surface area contributed by atoms with Gasteiger partial charge in [0, 0.05) is 23.1 Å². The first-order valence-corrected chi connectivity index (χ1v) is 6.80. The van der Waals surface area contributed by atoms with Gasteiger partial charge in [-0.15, -0.1) is 0 Å². The summed E-state index contributed by atoms with van der Waals surface area (Å²) < 4.78 is 5.31. The number of ether oxygens (including phenoxy) is 1. The summed E-state index contributed by atoms with van der Waals surface area (Å²) in [7, 11) is 0. The number of hydrogen-bond acceptors (Lipinski definition) is 3. The Morgan fingerprint density at radius 1 is 1.42 bits per heavy atom. The van der Waals surface area contributed by atoms with Gasteiger partial charge in [-0.1, -0.05) is 29.3 Å². The standard InChI is InChI=1S/C13H15Cl2NO3/c14-11-2-1-3-12(15)10(11)6-13(18)16-4-5-19-9(7-16)8-17/h1-3,9,17H,4-8H2. The van der Waals surface area contributed by atoms with Crippen LogP contribution in [0.2, 0.25) is 10.0 Å². The number of nitrogens with zero attached hydrogens (tertiary/aromatic N) is 1. The fourth-order valence-electron chi connectivity index (χ4n) is 2.02. The minimum Gasteiger partial charge on any atom is -0.394 e. The van der Waals surface area contributed by atoms with Crippen molar-refractivity contribution in [1.82, 2.24) is 4.90 Å². The fraction of sp³-hybridized carbons (Fsp3) is 0.462. The molecule has 1 atom stereocenters. The molecule has 1 aliphatic heterocycles. The van der Waals surface area contributed by atoms with Crippen LogP contribution < -0.4 is 0 Å². The van der Waals surface area contributed by atoms with Crippen LogP contribution in [0.1, 0.15) is 5.56 Å². The van der Waals surface area contributed by atoms with E-state index < -0.39 is 0 Å². The molecule has 0 radical (unpaired) electrons. The van der Waals surface area contributed by atoms with Crippen LogP contribution in [0, 0.1) is 0 Å². The van der Waals surface area contributed by atoms with Gasteiger partial charge in [0.2, 0.25) is 5.91 Å². The molecule has 1 fully saturated rings. The van der Waals surface area contributed by atoms with Crippen molar-refractivity contribution in [2.24, 2.45) is 0 Å². The number of benzene rings is 1. The Kier molecular flexibility index (Phi) is 5.05. The van der Waals surface area contributed by atoms with Crippen LogP contribution in [0.25, 0.3) is 0 Å². The van der Waals surface area contributed by atoms with E-state index in [1.807, 2.05) is 0 Å². The van der Waals surface area contributed by atoms with Gasteiger partial charge in [0.1, 0.15) is 0 Å². The van der Waals surface area contributed by atoms with E-state index in [4.69, 9.17) is 33.0 Å². The van der Waals surface area contributed by atoms with Gasteiger partial charge in [0.15, 0.2) is 0 Å². The molecule has 1 unspecified atom stereocenters. The van der Waals surface area contributed by atoms with Gasteiger partial charge in [-0.3, -0.25) is 4.79 Å². The van der Waals surface area contributed by atoms with Gasteiger partial charge in [0.25, 0.3) is 0 Å². The predicted molar refractivity (Wildman–Crippen MR) is 73.6 cm³/mol. The third-order valence-corrected chi connectivity index (χ3v) is 3.79. The Hall–Kier alpha value is -0.810. The van der Waals surface area contributed by atoms with Gasteiger partial charge < -0.3 is 14.7 Å². The maximum Gasteiger partial charge on any atom is 0.227 e. The average Bonchev–Trinajstić information content (AvgIpc) is 2.43. The molecular formula is C13H15Cl2NO3. The van der Waals surface area contributed by atoms with E-state index >= 15 is 0 Å². The molecule has 0 aliphatic carbocycles. The SMILES string of the molecule is O=C(Cc1c(Cl)cccc1Cl)N1CCOC(CO)C1. The van der Waals surface area contributed by atoms with E-state index in [1.54, 1.807) is 23.1 Å². The Balaban J connectivity index is 2.04. The molecule has 1 amide bonds. The van der Waals surface area contributed by atoms with Gasteiger partial charge in [-0.05, 0) is 17.7 Å². The van der Waals surface area contributed by atoms with Gasteiger partial charge in [-0.2, -0.15) is 0 Å². The molecule has 1 heterocycles. The van der Waals surface area contributed by atoms with Crippen LogP contribution in [-0.4, -0.2) is 48.3 Å². The van der Waals surface area contributed by atoms with Crippen molar-refractivity contribution >= 4 is 29.1 Å². The first-order valence-electron chi connectivity index (χ1n) is 6.05. The maximum atomic E-state index is 12.2. The largest absolute Gasteiger partial charge is 0.394 e. The zero-order chi connectivity index (χ0) is 13.8. The highest BCUT2D eigenvalue weighted by molar-refractivity contribution is 6.36. The maximum absolute atomic E-state index is 12.2. The topological polar surface area (TPSA) is 49.8 Å². The van der Waals surface area contributed by atoms with E-state index in [0.29, 0.717) is 35.3 Å². The van der Waals surface area contributed by atoms with Gasteiger partial charge >= 0.3 is 0 Å². The van der Waals surface area contributed by atoms with Crippen LogP contribution in [0.4, 0.5) is 0 Å². The number of carbonyl (C=O) groups is 1. The molecule has 0 saturated carbocycles. The molecule has 2 rings (SSSR count). The summed E-state index contributed by atoms with van der Waals surface area (Å²) in [4.78, 5) is 13.9. The normalized spacial score (nSPS) is 19.5. The molecule has 6 heteroatoms. The van der Waals surface area contributed by atoms with Crippen molar-refractivity contribution in [1.29, 1.82) is 0 Å². The van der Waals surface area contributed by atoms with Crippen molar-refractivity contribution in [3.8, 4) is 0 Å². The number of amides is 1. The Morgan fingerprint density at radius 2 is 2.11 bits per heavy atom. The van der Waals surface area contributed by atoms with Crippen molar-refractivity contribution in [2.75, 3.05) is 26.3 Å². The molecule has 1 aliphatic rings. The molecule has 1 saturated heterocycles. The highest BCUT2D eigenvalue weighted by atomic mass is 35.5. The first-order chi connectivity index (χ1) is 9.11. The number of carbonyl (C=O) groups excluding carboxylic acids is 1. The summed E-state index contributed by atoms with van der Waals surface area (Å²) in [6.07, 6.45) is -0.143. The lowest BCUT2D eigenvalue weighted by atomic mass is 10.1. The van der Waals surface area contributed by atoms with Crippen molar-refractivity contribution in [2.45, 2.75) is 12.5 Å². The number of rotatable bonds is 3. The lowest BCUT2D eigenvalue weighted by Crippen LogP contribution is -2.47. The minimum atomic E-state index is -0.306. The van der Waals surface area contributed by atoms with E-state index in [0.717, 1.165) is 0 Å². The highest BCUT2D eigenvalue weighted by Crippen LogP contribution is 2.25. The van der Waals surface area contributed by atoms with Gasteiger partial charge in [-0.25, -0.2) is 0 Å². The molecular weight excluding hydrogens is 289 g/mol. The number of hydrogen-bond donors (Lipinski definition) is 1. The second-order valence-electron chi connectivity index (χ2n) is 4.39. The number of aliphatic hydroxyl groups excluding tert-OH is 1. The summed E-state index contributed by atoms with van der Waals surface area (Å²) in [5, 5.41) is 10.1. The fourth-order valence-corrected chi connectivity index (χ4v) is 2.55. The molecule has 0 spiro atoms. The summed E-state index contributed by atoms with van der Waals surface area (Å²) in [6.45, 7) is 1.28. The quantitative estimate of drug-likeness (QED) is 0.925. The Bertz CT molecular complexity index is 447. The van der Waals surface area contributed by atoms with Gasteiger partial charge in [0.05, 0.1) is 25.7 Å². The zero-order valence-corrected chi connectivity index (χ0v) is 11.8. The van der Waals surface area contributed by atoms with Crippen LogP contribution in [-0.2, 0) is 16.0 Å². The molecule has 4 nitrogen and oxygen atoms in total. The second-order valence-corrected chi connectivity index (χ2v) is 5.21. The molecule has 1 aromatic rings. The third kappa shape index (κ3) is 3.60. The van der Waals surface area contributed by atoms with E-state index in [2.05, 4.69) is 0 Å². The van der Waals surface area contributed by atoms with Crippen molar-refractivity contribution in [3.63, 3.8) is 0 Å². The van der Waals surface area contributed by atoms with E-state index in [-0.39, 0.29) is 25.0 Å². The third-order valence-electron chi connectivity index (χ3n) is 3.08. The minimum absolute atomic E-state index is 0.0586. The van der Waals surface area contributed by atoms with Crippen LogP contribution in [0.3, 0.4) is 0 Å².